The summed E-state index contributed by atoms with van der Waals surface area (Å²) in [6.07, 6.45) is 9.28. The minimum Gasteiger partial charge on any atom is -0.349 e. The first-order chi connectivity index (χ1) is 12.8. The maximum Gasteiger partial charge on any atom is 0.271 e. The van der Waals surface area contributed by atoms with Crippen molar-refractivity contribution in [1.29, 1.82) is 0 Å². The number of hydrogen-bond donors (Lipinski definition) is 2. The zero-order valence-corrected chi connectivity index (χ0v) is 15.0. The van der Waals surface area contributed by atoms with Crippen LogP contribution in [0, 0.1) is 0 Å². The number of pyridine rings is 1. The van der Waals surface area contributed by atoms with Gasteiger partial charge in [0.05, 0.1) is 12.6 Å². The van der Waals surface area contributed by atoms with Gasteiger partial charge in [0.25, 0.3) is 5.91 Å². The van der Waals surface area contributed by atoms with Crippen LogP contribution < -0.4 is 10.6 Å². The minimum atomic E-state index is -0.0993. The predicted octanol–water partition coefficient (Wildman–Crippen LogP) is 1.34. The first-order valence-electron chi connectivity index (χ1n) is 9.50. The third-order valence-corrected chi connectivity index (χ3v) is 5.26. The molecule has 26 heavy (non-hydrogen) atoms. The van der Waals surface area contributed by atoms with E-state index in [2.05, 4.69) is 36.1 Å². The second kappa shape index (κ2) is 7.97. The van der Waals surface area contributed by atoms with E-state index in [0.717, 1.165) is 44.1 Å². The van der Waals surface area contributed by atoms with Crippen LogP contribution in [0.5, 0.6) is 0 Å². The Hall–Kier alpha value is -2.25. The molecule has 138 valence electrons. The molecule has 0 saturated carbocycles. The molecule has 1 fully saturated rings. The third-order valence-electron chi connectivity index (χ3n) is 5.26. The number of nitrogens with zero attached hydrogens (tertiary/aromatic N) is 4. The van der Waals surface area contributed by atoms with Crippen LogP contribution in [0.1, 0.15) is 47.2 Å². The van der Waals surface area contributed by atoms with Crippen molar-refractivity contribution < 1.29 is 4.79 Å². The van der Waals surface area contributed by atoms with Gasteiger partial charge in [-0.1, -0.05) is 12.5 Å². The molecule has 1 atom stereocenters. The van der Waals surface area contributed by atoms with Gasteiger partial charge in [0.1, 0.15) is 11.5 Å². The SMILES string of the molecule is O=C(NC[C@@H](c1cccnc1)N1CCCCC1)c1cn2c(n1)CNCC2. The van der Waals surface area contributed by atoms with Gasteiger partial charge in [-0.2, -0.15) is 0 Å². The van der Waals surface area contributed by atoms with Gasteiger partial charge >= 0.3 is 0 Å². The van der Waals surface area contributed by atoms with E-state index in [0.29, 0.717) is 12.2 Å². The first kappa shape index (κ1) is 17.2. The predicted molar refractivity (Wildman–Crippen MR) is 98.7 cm³/mol. The summed E-state index contributed by atoms with van der Waals surface area (Å²) >= 11 is 0. The van der Waals surface area contributed by atoms with Crippen LogP contribution in [-0.4, -0.2) is 51.5 Å². The van der Waals surface area contributed by atoms with Crippen LogP contribution >= 0.6 is 0 Å². The van der Waals surface area contributed by atoms with Crippen LogP contribution in [0.4, 0.5) is 0 Å². The minimum absolute atomic E-state index is 0.0993. The van der Waals surface area contributed by atoms with Gasteiger partial charge < -0.3 is 15.2 Å². The molecular weight excluding hydrogens is 328 g/mol. The molecule has 2 aromatic rings. The lowest BCUT2D eigenvalue weighted by Crippen LogP contribution is -2.40. The Balaban J connectivity index is 1.45. The number of amides is 1. The van der Waals surface area contributed by atoms with Crippen molar-refractivity contribution in [1.82, 2.24) is 30.1 Å². The largest absolute Gasteiger partial charge is 0.349 e. The Bertz CT molecular complexity index is 714. The van der Waals surface area contributed by atoms with E-state index in [1.54, 1.807) is 6.20 Å². The first-order valence-corrected chi connectivity index (χ1v) is 9.50. The summed E-state index contributed by atoms with van der Waals surface area (Å²) in [7, 11) is 0. The van der Waals surface area contributed by atoms with Crippen molar-refractivity contribution in [3.05, 3.63) is 47.8 Å². The van der Waals surface area contributed by atoms with Gasteiger partial charge in [-0.05, 0) is 37.6 Å². The standard InChI is InChI=1S/C19H26N6O/c26-19(16-14-25-10-7-21-13-18(25)23-16)22-12-17(15-5-4-6-20-11-15)24-8-2-1-3-9-24/h4-6,11,14,17,21H,1-3,7-10,12-13H2,(H,22,26)/t17-/m0/s1. The summed E-state index contributed by atoms with van der Waals surface area (Å²) < 4.78 is 2.06. The second-order valence-electron chi connectivity index (χ2n) is 7.02. The molecule has 1 amide bonds. The Kier molecular flexibility index (Phi) is 5.26. The Morgan fingerprint density at radius 3 is 2.92 bits per heavy atom. The Morgan fingerprint density at radius 1 is 1.27 bits per heavy atom. The third kappa shape index (κ3) is 3.78. The molecule has 2 aliphatic rings. The molecule has 7 heteroatoms. The number of carbonyl (C=O) groups is 1. The Labute approximate surface area is 153 Å². The van der Waals surface area contributed by atoms with Gasteiger partial charge in [-0.25, -0.2) is 4.98 Å². The fourth-order valence-corrected chi connectivity index (χ4v) is 3.84. The molecule has 0 spiro atoms. The van der Waals surface area contributed by atoms with Crippen LogP contribution in [0.2, 0.25) is 0 Å². The zero-order valence-electron chi connectivity index (χ0n) is 15.0. The number of piperidine rings is 1. The number of carbonyl (C=O) groups excluding carboxylic acids is 1. The van der Waals surface area contributed by atoms with Gasteiger partial charge in [0.2, 0.25) is 0 Å². The van der Waals surface area contributed by atoms with E-state index in [1.165, 1.54) is 19.3 Å². The van der Waals surface area contributed by atoms with Crippen LogP contribution in [0.3, 0.4) is 0 Å². The molecule has 2 N–H and O–H groups in total. The lowest BCUT2D eigenvalue weighted by molar-refractivity contribution is 0.0919. The van der Waals surface area contributed by atoms with Crippen LogP contribution in [-0.2, 0) is 13.1 Å². The Morgan fingerprint density at radius 2 is 2.15 bits per heavy atom. The number of imidazole rings is 1. The number of aromatic nitrogens is 3. The molecule has 0 aliphatic carbocycles. The molecule has 0 aromatic carbocycles. The summed E-state index contributed by atoms with van der Waals surface area (Å²) in [4.78, 5) is 23.8. The highest BCUT2D eigenvalue weighted by Crippen LogP contribution is 2.23. The van der Waals surface area contributed by atoms with E-state index in [4.69, 9.17) is 0 Å². The van der Waals surface area contributed by atoms with Gasteiger partial charge in [-0.3, -0.25) is 14.7 Å². The molecule has 4 heterocycles. The van der Waals surface area contributed by atoms with Crippen molar-refractivity contribution in [2.75, 3.05) is 26.2 Å². The topological polar surface area (TPSA) is 75.1 Å². The molecule has 4 rings (SSSR count). The van der Waals surface area contributed by atoms with Gasteiger partial charge in [0.15, 0.2) is 0 Å². The molecule has 0 unspecified atom stereocenters. The maximum atomic E-state index is 12.6. The summed E-state index contributed by atoms with van der Waals surface area (Å²) in [6.45, 7) is 5.22. The van der Waals surface area contributed by atoms with E-state index in [-0.39, 0.29) is 11.9 Å². The highest BCUT2D eigenvalue weighted by molar-refractivity contribution is 5.92. The normalized spacial score (nSPS) is 18.9. The molecule has 2 aromatic heterocycles. The zero-order chi connectivity index (χ0) is 17.8. The van der Waals surface area contributed by atoms with Crippen LogP contribution in [0.15, 0.2) is 30.7 Å². The van der Waals surface area contributed by atoms with E-state index < -0.39 is 0 Å². The average Bonchev–Trinajstić information content (AvgIpc) is 3.14. The molecule has 2 aliphatic heterocycles. The van der Waals surface area contributed by atoms with Crippen molar-refractivity contribution in [3.63, 3.8) is 0 Å². The molecule has 7 nitrogen and oxygen atoms in total. The average molecular weight is 354 g/mol. The van der Waals surface area contributed by atoms with E-state index in [9.17, 15) is 4.79 Å². The number of fused-ring (bicyclic) bond motifs is 1. The summed E-state index contributed by atoms with van der Waals surface area (Å²) in [5, 5.41) is 6.38. The van der Waals surface area contributed by atoms with Crippen LogP contribution in [0.25, 0.3) is 0 Å². The molecule has 1 saturated heterocycles. The van der Waals surface area contributed by atoms with Gasteiger partial charge in [0, 0.05) is 38.2 Å². The molecule has 0 bridgehead atoms. The van der Waals surface area contributed by atoms with E-state index >= 15 is 0 Å². The van der Waals surface area contributed by atoms with Crippen molar-refractivity contribution in [2.45, 2.75) is 38.4 Å². The number of nitrogens with one attached hydrogen (secondary N) is 2. The maximum absolute atomic E-state index is 12.6. The number of hydrogen-bond acceptors (Lipinski definition) is 5. The number of likely N-dealkylation sites (tertiary alicyclic amines) is 1. The fourth-order valence-electron chi connectivity index (χ4n) is 3.84. The summed E-state index contributed by atoms with van der Waals surface area (Å²) in [5.74, 6) is 0.832. The quantitative estimate of drug-likeness (QED) is 0.847. The smallest absolute Gasteiger partial charge is 0.271 e. The lowest BCUT2D eigenvalue weighted by atomic mass is 10.0. The van der Waals surface area contributed by atoms with Gasteiger partial charge in [-0.15, -0.1) is 0 Å². The summed E-state index contributed by atoms with van der Waals surface area (Å²) in [5.41, 5.74) is 1.66. The fraction of sp³-hybridized carbons (Fsp3) is 0.526. The van der Waals surface area contributed by atoms with E-state index in [1.807, 2.05) is 18.5 Å². The lowest BCUT2D eigenvalue weighted by Gasteiger charge is -2.34. The second-order valence-corrected chi connectivity index (χ2v) is 7.02. The number of rotatable bonds is 5. The van der Waals surface area contributed by atoms with Crippen molar-refractivity contribution in [2.24, 2.45) is 0 Å². The highest BCUT2D eigenvalue weighted by atomic mass is 16.1. The summed E-state index contributed by atoms with van der Waals surface area (Å²) in [6, 6.07) is 4.22. The van der Waals surface area contributed by atoms with Crippen molar-refractivity contribution in [3.8, 4) is 0 Å². The molecular formula is C19H26N6O. The highest BCUT2D eigenvalue weighted by Gasteiger charge is 2.24. The monoisotopic (exact) mass is 354 g/mol. The van der Waals surface area contributed by atoms with Crippen molar-refractivity contribution >= 4 is 5.91 Å². The molecule has 0 radical (unpaired) electrons.